The van der Waals surface area contributed by atoms with Crippen molar-refractivity contribution in [2.75, 3.05) is 14.2 Å². The Kier molecular flexibility index (Phi) is 5.13. The van der Waals surface area contributed by atoms with Gasteiger partial charge in [0.25, 0.3) is 0 Å². The van der Waals surface area contributed by atoms with Crippen LogP contribution in [0.2, 0.25) is 0 Å². The van der Waals surface area contributed by atoms with Gasteiger partial charge in [-0.25, -0.2) is 4.98 Å². The molecule has 1 saturated heterocycles. The van der Waals surface area contributed by atoms with Crippen LogP contribution in [0, 0.1) is 0 Å². The molecule has 1 aliphatic heterocycles. The molecule has 0 saturated carbocycles. The van der Waals surface area contributed by atoms with Crippen molar-refractivity contribution in [2.45, 2.75) is 29.7 Å². The number of cyclic esters (lactones) is 1. The standard InChI is InChI=1S/C22H21NO4S/c1-13-9-19(22(24)27-13)28-20-12-16(14-7-5-4-6-8-14)21-17(23-20)10-15(25-2)11-18(21)26-3/h4-8,10-13,19H,9H2,1-3H3/t13-,19+/m0/s1. The first-order valence-electron chi connectivity index (χ1n) is 9.08. The molecule has 0 aliphatic carbocycles. The number of ether oxygens (including phenoxy) is 3. The number of aromatic nitrogens is 1. The molecule has 1 aliphatic rings. The molecule has 1 aromatic heterocycles. The Hall–Kier alpha value is -2.73. The summed E-state index contributed by atoms with van der Waals surface area (Å²) in [5.74, 6) is 1.20. The minimum absolute atomic E-state index is 0.0563. The predicted molar refractivity (Wildman–Crippen MR) is 110 cm³/mol. The Bertz CT molecular complexity index is 1020. The van der Waals surface area contributed by atoms with Gasteiger partial charge in [0.1, 0.15) is 22.9 Å². The zero-order valence-corrected chi connectivity index (χ0v) is 16.8. The Balaban J connectivity index is 1.89. The fourth-order valence-electron chi connectivity index (χ4n) is 3.43. The number of fused-ring (bicyclic) bond motifs is 1. The third-order valence-corrected chi connectivity index (χ3v) is 5.87. The number of pyridine rings is 1. The van der Waals surface area contributed by atoms with Crippen molar-refractivity contribution in [1.82, 2.24) is 4.98 Å². The molecule has 2 heterocycles. The number of rotatable bonds is 5. The third-order valence-electron chi connectivity index (χ3n) is 4.75. The molecule has 2 aromatic carbocycles. The molecule has 2 atom stereocenters. The maximum absolute atomic E-state index is 12.1. The zero-order chi connectivity index (χ0) is 19.7. The largest absolute Gasteiger partial charge is 0.497 e. The van der Waals surface area contributed by atoms with E-state index < -0.39 is 0 Å². The second-order valence-corrected chi connectivity index (χ2v) is 7.91. The van der Waals surface area contributed by atoms with Crippen molar-refractivity contribution in [3.05, 3.63) is 48.5 Å². The molecule has 0 spiro atoms. The van der Waals surface area contributed by atoms with Gasteiger partial charge in [0.2, 0.25) is 0 Å². The average Bonchev–Trinajstić information content (AvgIpc) is 3.03. The Morgan fingerprint density at radius 2 is 1.89 bits per heavy atom. The first-order chi connectivity index (χ1) is 13.6. The first kappa shape index (κ1) is 18.6. The van der Waals surface area contributed by atoms with E-state index in [9.17, 15) is 4.79 Å². The predicted octanol–water partition coefficient (Wildman–Crippen LogP) is 4.72. The quantitative estimate of drug-likeness (QED) is 0.583. The smallest absolute Gasteiger partial charge is 0.319 e. The lowest BCUT2D eigenvalue weighted by molar-refractivity contribution is -0.140. The van der Waals surface area contributed by atoms with Crippen molar-refractivity contribution in [1.29, 1.82) is 0 Å². The molecule has 28 heavy (non-hydrogen) atoms. The van der Waals surface area contributed by atoms with E-state index in [1.165, 1.54) is 11.8 Å². The monoisotopic (exact) mass is 395 g/mol. The lowest BCUT2D eigenvalue weighted by atomic mass is 10.0. The molecule has 0 amide bonds. The average molecular weight is 395 g/mol. The van der Waals surface area contributed by atoms with E-state index in [1.54, 1.807) is 14.2 Å². The lowest BCUT2D eigenvalue weighted by Gasteiger charge is -2.15. The number of hydrogen-bond donors (Lipinski definition) is 0. The summed E-state index contributed by atoms with van der Waals surface area (Å²) in [7, 11) is 3.26. The van der Waals surface area contributed by atoms with Gasteiger partial charge < -0.3 is 14.2 Å². The molecule has 0 radical (unpaired) electrons. The molecule has 3 aromatic rings. The number of esters is 1. The molecule has 144 valence electrons. The van der Waals surface area contributed by atoms with Gasteiger partial charge in [-0.2, -0.15) is 0 Å². The van der Waals surface area contributed by atoms with Gasteiger partial charge in [-0.05, 0) is 24.1 Å². The topological polar surface area (TPSA) is 57.7 Å². The summed E-state index contributed by atoms with van der Waals surface area (Å²) in [5.41, 5.74) is 2.83. The summed E-state index contributed by atoms with van der Waals surface area (Å²) >= 11 is 1.45. The molecule has 0 bridgehead atoms. The highest BCUT2D eigenvalue weighted by atomic mass is 32.2. The fourth-order valence-corrected chi connectivity index (χ4v) is 4.58. The summed E-state index contributed by atoms with van der Waals surface area (Å²) in [6, 6.07) is 15.9. The SMILES string of the molecule is COc1cc(OC)c2c(-c3ccccc3)cc(S[C@@H]3C[C@H](C)OC3=O)nc2c1. The van der Waals surface area contributed by atoms with Crippen LogP contribution in [0.5, 0.6) is 11.5 Å². The lowest BCUT2D eigenvalue weighted by Crippen LogP contribution is -2.09. The van der Waals surface area contributed by atoms with E-state index >= 15 is 0 Å². The van der Waals surface area contributed by atoms with E-state index in [1.807, 2.05) is 43.3 Å². The molecule has 0 unspecified atom stereocenters. The summed E-state index contributed by atoms with van der Waals surface area (Å²) < 4.78 is 16.3. The first-order valence-corrected chi connectivity index (χ1v) is 9.96. The van der Waals surface area contributed by atoms with Gasteiger partial charge in [-0.1, -0.05) is 42.1 Å². The van der Waals surface area contributed by atoms with Gasteiger partial charge >= 0.3 is 5.97 Å². The second-order valence-electron chi connectivity index (χ2n) is 6.69. The molecule has 4 rings (SSSR count). The normalized spacial score (nSPS) is 18.9. The summed E-state index contributed by atoms with van der Waals surface area (Å²) in [6.07, 6.45) is 0.630. The minimum atomic E-state index is -0.240. The van der Waals surface area contributed by atoms with E-state index in [-0.39, 0.29) is 17.3 Å². The van der Waals surface area contributed by atoms with Crippen LogP contribution in [-0.4, -0.2) is 36.5 Å². The highest BCUT2D eigenvalue weighted by Crippen LogP contribution is 2.41. The number of methoxy groups -OCH3 is 2. The summed E-state index contributed by atoms with van der Waals surface area (Å²) in [5, 5.41) is 1.45. The third kappa shape index (κ3) is 3.52. The van der Waals surface area contributed by atoms with E-state index in [0.717, 1.165) is 27.1 Å². The zero-order valence-electron chi connectivity index (χ0n) is 16.0. The fraction of sp³-hybridized carbons (Fsp3) is 0.273. The van der Waals surface area contributed by atoms with E-state index in [2.05, 4.69) is 12.1 Å². The van der Waals surface area contributed by atoms with Gasteiger partial charge in [0.05, 0.1) is 30.1 Å². The minimum Gasteiger partial charge on any atom is -0.497 e. The number of carbonyl (C=O) groups excluding carboxylic acids is 1. The van der Waals surface area contributed by atoms with Crippen LogP contribution in [0.1, 0.15) is 13.3 Å². The highest BCUT2D eigenvalue weighted by molar-refractivity contribution is 8.00. The number of nitrogens with zero attached hydrogens (tertiary/aromatic N) is 1. The maximum Gasteiger partial charge on any atom is 0.319 e. The number of carbonyl (C=O) groups is 1. The maximum atomic E-state index is 12.1. The summed E-state index contributed by atoms with van der Waals surface area (Å²) in [6.45, 7) is 1.91. The number of benzene rings is 2. The molecule has 6 heteroatoms. The van der Waals surface area contributed by atoms with Crippen LogP contribution < -0.4 is 9.47 Å². The van der Waals surface area contributed by atoms with Crippen LogP contribution in [0.25, 0.3) is 22.0 Å². The van der Waals surface area contributed by atoms with Crippen molar-refractivity contribution in [3.63, 3.8) is 0 Å². The van der Waals surface area contributed by atoms with Crippen LogP contribution in [0.3, 0.4) is 0 Å². The summed E-state index contributed by atoms with van der Waals surface area (Å²) in [4.78, 5) is 16.9. The highest BCUT2D eigenvalue weighted by Gasteiger charge is 2.33. The van der Waals surface area contributed by atoms with Crippen molar-refractivity contribution < 1.29 is 19.0 Å². The number of hydrogen-bond acceptors (Lipinski definition) is 6. The van der Waals surface area contributed by atoms with Gasteiger partial charge in [-0.15, -0.1) is 0 Å². The van der Waals surface area contributed by atoms with Crippen molar-refractivity contribution in [3.8, 4) is 22.6 Å². The van der Waals surface area contributed by atoms with Crippen LogP contribution >= 0.6 is 11.8 Å². The van der Waals surface area contributed by atoms with Crippen molar-refractivity contribution >= 4 is 28.6 Å². The van der Waals surface area contributed by atoms with Gasteiger partial charge in [0, 0.05) is 18.6 Å². The van der Waals surface area contributed by atoms with Crippen LogP contribution in [0.15, 0.2) is 53.6 Å². The molecular weight excluding hydrogens is 374 g/mol. The Morgan fingerprint density at radius 3 is 2.54 bits per heavy atom. The molecular formula is C22H21NO4S. The molecule has 0 N–H and O–H groups in total. The number of thioether (sulfide) groups is 1. The van der Waals surface area contributed by atoms with E-state index in [4.69, 9.17) is 19.2 Å². The molecule has 5 nitrogen and oxygen atoms in total. The van der Waals surface area contributed by atoms with Crippen LogP contribution in [0.4, 0.5) is 0 Å². The van der Waals surface area contributed by atoms with E-state index in [0.29, 0.717) is 17.9 Å². The van der Waals surface area contributed by atoms with Crippen molar-refractivity contribution in [2.24, 2.45) is 0 Å². The van der Waals surface area contributed by atoms with Gasteiger partial charge in [-0.3, -0.25) is 4.79 Å². The van der Waals surface area contributed by atoms with Gasteiger partial charge in [0.15, 0.2) is 0 Å². The van der Waals surface area contributed by atoms with Crippen LogP contribution in [-0.2, 0) is 9.53 Å². The molecule has 1 fully saturated rings. The Morgan fingerprint density at radius 1 is 1.11 bits per heavy atom. The Labute approximate surface area is 168 Å². The second kappa shape index (κ2) is 7.72.